The van der Waals surface area contributed by atoms with Gasteiger partial charge in [0.25, 0.3) is 23.6 Å². The second-order valence-electron chi connectivity index (χ2n) is 17.1. The SMILES string of the molecule is COc1ccc(NC(=O)[C@H](CCCCN)NC(=O)c2cc(NC(=O)[C@H](CCCCN)NC(=O)c3cc(NC(=O)[C@H](CCCCN)NC(=O)c4cc(NC(C)=O)ccc4OC)ccc3OC)ccc2OC)cc1C(N)=O. The molecule has 0 bridgehead atoms. The maximum absolute atomic E-state index is 14.1. The molecule has 0 unspecified atom stereocenters. The summed E-state index contributed by atoms with van der Waals surface area (Å²) in [5.74, 6) is -4.42. The van der Waals surface area contributed by atoms with Crippen LogP contribution in [0.1, 0.15) is 106 Å². The summed E-state index contributed by atoms with van der Waals surface area (Å²) in [5.41, 5.74) is 23.7. The van der Waals surface area contributed by atoms with Crippen LogP contribution in [0.25, 0.3) is 0 Å². The molecule has 0 radical (unpaired) electrons. The van der Waals surface area contributed by atoms with E-state index >= 15 is 0 Å². The predicted octanol–water partition coefficient (Wildman–Crippen LogP) is 3.38. The zero-order valence-electron chi connectivity index (χ0n) is 42.9. The molecule has 0 aliphatic heterocycles. The third-order valence-corrected chi connectivity index (χ3v) is 11.6. The Labute approximate surface area is 435 Å². The molecule has 0 aliphatic rings. The maximum Gasteiger partial charge on any atom is 0.255 e. The molecule has 4 aromatic rings. The van der Waals surface area contributed by atoms with E-state index in [4.69, 9.17) is 41.9 Å². The Morgan fingerprint density at radius 1 is 0.413 bits per heavy atom. The summed E-state index contributed by atoms with van der Waals surface area (Å²) in [5, 5.41) is 19.2. The second-order valence-corrected chi connectivity index (χ2v) is 17.1. The molecule has 0 aromatic heterocycles. The van der Waals surface area contributed by atoms with Crippen molar-refractivity contribution in [2.75, 3.05) is 69.3 Å². The lowest BCUT2D eigenvalue weighted by atomic mass is 10.1. The maximum atomic E-state index is 14.1. The van der Waals surface area contributed by atoms with E-state index < -0.39 is 59.5 Å². The smallest absolute Gasteiger partial charge is 0.255 e. The van der Waals surface area contributed by atoms with Crippen LogP contribution in [0.4, 0.5) is 22.7 Å². The van der Waals surface area contributed by atoms with Crippen LogP contribution in [0.3, 0.4) is 0 Å². The molecule has 8 amide bonds. The van der Waals surface area contributed by atoms with Crippen molar-refractivity contribution in [1.29, 1.82) is 0 Å². The summed E-state index contributed by atoms with van der Waals surface area (Å²) in [7, 11) is 5.45. The fourth-order valence-electron chi connectivity index (χ4n) is 7.75. The van der Waals surface area contributed by atoms with Crippen molar-refractivity contribution in [2.45, 2.75) is 82.8 Å². The first-order valence-corrected chi connectivity index (χ1v) is 24.3. The van der Waals surface area contributed by atoms with Crippen LogP contribution in [0.15, 0.2) is 72.8 Å². The number of ether oxygens (including phenoxy) is 4. The minimum atomic E-state index is -1.15. The average molecular weight is 1040 g/mol. The second kappa shape index (κ2) is 30.0. The standard InChI is InChI=1S/C52H69N11O12/c1-30(64)57-31-15-20-43(73-3)36(27-31)47(66)61-40(13-7-10-24-54)51(70)59-33-17-22-45(75-5)38(29-33)49(68)63-41(14-8-11-25-55)52(71)60-34-18-21-44(74-4)37(28-34)48(67)62-39(12-6-9-23-53)50(69)58-32-16-19-42(72-2)35(26-32)46(56)65/h15-22,26-29,39-41H,6-14,23-25,53-55H2,1-5H3,(H2,56,65)(H,57,64)(H,58,69)(H,59,70)(H,60,71)(H,61,66)(H,62,67)(H,63,68)/t39-,40-,41-/m0/s1. The number of methoxy groups -OCH3 is 4. The minimum absolute atomic E-state index is 0.0308. The van der Waals surface area contributed by atoms with E-state index in [2.05, 4.69) is 37.2 Å². The van der Waals surface area contributed by atoms with E-state index in [1.54, 1.807) is 6.07 Å². The Kier molecular flexibility index (Phi) is 23.7. The molecule has 4 rings (SSSR count). The third-order valence-electron chi connectivity index (χ3n) is 11.6. The number of hydrogen-bond acceptors (Lipinski definition) is 15. The fraction of sp³-hybridized carbons (Fsp3) is 0.385. The minimum Gasteiger partial charge on any atom is -0.496 e. The molecule has 404 valence electrons. The number of unbranched alkanes of at least 4 members (excludes halogenated alkanes) is 3. The Hall–Kier alpha value is -8.28. The molecule has 0 saturated heterocycles. The quantitative estimate of drug-likeness (QED) is 0.0334. The van der Waals surface area contributed by atoms with Gasteiger partial charge >= 0.3 is 0 Å². The van der Waals surface area contributed by atoms with E-state index in [1.807, 2.05) is 0 Å². The molecule has 0 saturated carbocycles. The summed E-state index contributed by atoms with van der Waals surface area (Å²) in [6.07, 6.45) is 3.59. The summed E-state index contributed by atoms with van der Waals surface area (Å²) in [6, 6.07) is 14.2. The number of amides is 8. The summed E-state index contributed by atoms with van der Waals surface area (Å²) in [6.45, 7) is 2.34. The molecule has 0 spiro atoms. The molecule has 0 heterocycles. The summed E-state index contributed by atoms with van der Waals surface area (Å²) < 4.78 is 21.6. The predicted molar refractivity (Wildman–Crippen MR) is 283 cm³/mol. The number of carbonyl (C=O) groups excluding carboxylic acids is 8. The van der Waals surface area contributed by atoms with Crippen LogP contribution in [0.2, 0.25) is 0 Å². The van der Waals surface area contributed by atoms with Gasteiger partial charge in [0.15, 0.2) is 0 Å². The van der Waals surface area contributed by atoms with E-state index in [-0.39, 0.29) is 87.5 Å². The van der Waals surface area contributed by atoms with Crippen molar-refractivity contribution >= 4 is 70.0 Å². The number of primary amides is 1. The highest BCUT2D eigenvalue weighted by Crippen LogP contribution is 2.28. The van der Waals surface area contributed by atoms with Gasteiger partial charge < -0.3 is 79.1 Å². The van der Waals surface area contributed by atoms with Gasteiger partial charge in [0.05, 0.1) is 50.7 Å². The van der Waals surface area contributed by atoms with Gasteiger partial charge in [-0.2, -0.15) is 0 Å². The Balaban J connectivity index is 1.56. The van der Waals surface area contributed by atoms with Crippen molar-refractivity contribution in [3.05, 3.63) is 95.1 Å². The molecular weight excluding hydrogens is 971 g/mol. The zero-order chi connectivity index (χ0) is 55.0. The number of benzene rings is 4. The number of hydrogen-bond donors (Lipinski definition) is 11. The Morgan fingerprint density at radius 3 is 0.933 bits per heavy atom. The molecule has 15 N–H and O–H groups in total. The van der Waals surface area contributed by atoms with Gasteiger partial charge in [-0.05, 0) is 150 Å². The lowest BCUT2D eigenvalue weighted by molar-refractivity contribution is -0.118. The molecule has 75 heavy (non-hydrogen) atoms. The van der Waals surface area contributed by atoms with Gasteiger partial charge in [0.1, 0.15) is 41.1 Å². The number of carbonyl (C=O) groups is 8. The number of nitrogens with two attached hydrogens (primary N) is 4. The van der Waals surface area contributed by atoms with Crippen LogP contribution < -0.4 is 79.1 Å². The molecular formula is C52H69N11O12. The molecule has 23 nitrogen and oxygen atoms in total. The Bertz CT molecular complexity index is 2670. The van der Waals surface area contributed by atoms with Gasteiger partial charge in [-0.3, -0.25) is 38.4 Å². The van der Waals surface area contributed by atoms with Crippen LogP contribution in [-0.4, -0.2) is 113 Å². The van der Waals surface area contributed by atoms with Gasteiger partial charge in [-0.25, -0.2) is 0 Å². The van der Waals surface area contributed by atoms with Crippen molar-refractivity contribution < 1.29 is 57.3 Å². The molecule has 23 heteroatoms. The molecule has 0 fully saturated rings. The largest absolute Gasteiger partial charge is 0.496 e. The first-order valence-electron chi connectivity index (χ1n) is 24.3. The summed E-state index contributed by atoms with van der Waals surface area (Å²) in [4.78, 5) is 107. The first-order chi connectivity index (χ1) is 36.0. The van der Waals surface area contributed by atoms with Crippen molar-refractivity contribution in [1.82, 2.24) is 16.0 Å². The Morgan fingerprint density at radius 2 is 0.680 bits per heavy atom. The van der Waals surface area contributed by atoms with Crippen LogP contribution >= 0.6 is 0 Å². The third kappa shape index (κ3) is 17.7. The number of anilines is 4. The fourth-order valence-corrected chi connectivity index (χ4v) is 7.75. The monoisotopic (exact) mass is 1040 g/mol. The van der Waals surface area contributed by atoms with Gasteiger partial charge in [0.2, 0.25) is 23.6 Å². The zero-order valence-corrected chi connectivity index (χ0v) is 42.9. The van der Waals surface area contributed by atoms with E-state index in [0.29, 0.717) is 63.8 Å². The van der Waals surface area contributed by atoms with E-state index in [9.17, 15) is 38.4 Å². The van der Waals surface area contributed by atoms with E-state index in [0.717, 1.165) is 0 Å². The summed E-state index contributed by atoms with van der Waals surface area (Å²) >= 11 is 0. The molecule has 3 atom stereocenters. The van der Waals surface area contributed by atoms with Crippen LogP contribution in [0.5, 0.6) is 23.0 Å². The molecule has 0 aliphatic carbocycles. The van der Waals surface area contributed by atoms with Crippen molar-refractivity contribution in [3.63, 3.8) is 0 Å². The highest BCUT2D eigenvalue weighted by Gasteiger charge is 2.28. The average Bonchev–Trinajstić information content (AvgIpc) is 3.39. The van der Waals surface area contributed by atoms with Crippen LogP contribution in [-0.2, 0) is 19.2 Å². The van der Waals surface area contributed by atoms with Gasteiger partial charge in [0, 0.05) is 29.7 Å². The highest BCUT2D eigenvalue weighted by molar-refractivity contribution is 6.07. The topological polar surface area (TPSA) is 362 Å². The number of rotatable bonds is 30. The normalized spacial score (nSPS) is 11.9. The number of nitrogens with one attached hydrogen (secondary N) is 7. The first kappa shape index (κ1) is 59.3. The lowest BCUT2D eigenvalue weighted by Gasteiger charge is -2.22. The van der Waals surface area contributed by atoms with Gasteiger partial charge in [-0.15, -0.1) is 0 Å². The van der Waals surface area contributed by atoms with Gasteiger partial charge in [-0.1, -0.05) is 0 Å². The van der Waals surface area contributed by atoms with Crippen molar-refractivity contribution in [2.24, 2.45) is 22.9 Å². The van der Waals surface area contributed by atoms with E-state index in [1.165, 1.54) is 102 Å². The van der Waals surface area contributed by atoms with Crippen LogP contribution in [0, 0.1) is 0 Å². The highest BCUT2D eigenvalue weighted by atomic mass is 16.5. The lowest BCUT2D eigenvalue weighted by Crippen LogP contribution is -2.44. The van der Waals surface area contributed by atoms with Crippen molar-refractivity contribution in [3.8, 4) is 23.0 Å². The molecule has 4 aromatic carbocycles.